The van der Waals surface area contributed by atoms with Crippen molar-refractivity contribution in [1.82, 2.24) is 14.9 Å². The first-order chi connectivity index (χ1) is 13.8. The normalized spacial score (nSPS) is 14.6. The number of nitrogens with one attached hydrogen (secondary N) is 1. The number of aromatic nitrogens is 2. The van der Waals surface area contributed by atoms with Crippen molar-refractivity contribution >= 4 is 17.5 Å². The highest BCUT2D eigenvalue weighted by molar-refractivity contribution is 6.04. The quantitative estimate of drug-likeness (QED) is 0.745. The van der Waals surface area contributed by atoms with E-state index in [4.69, 9.17) is 0 Å². The highest BCUT2D eigenvalue weighted by atomic mass is 16.1. The Morgan fingerprint density at radius 2 is 1.54 bits per heavy atom. The number of rotatable bonds is 5. The van der Waals surface area contributed by atoms with Crippen LogP contribution in [-0.2, 0) is 6.54 Å². The third kappa shape index (κ3) is 4.53. The van der Waals surface area contributed by atoms with Gasteiger partial charge in [-0.05, 0) is 35.9 Å². The molecule has 0 aliphatic carbocycles. The van der Waals surface area contributed by atoms with Gasteiger partial charge in [0.05, 0.1) is 0 Å². The predicted octanol–water partition coefficient (Wildman–Crippen LogP) is 3.05. The minimum absolute atomic E-state index is 0.0887. The number of amides is 1. The molecule has 6 heteroatoms. The van der Waals surface area contributed by atoms with E-state index in [1.807, 2.05) is 60.7 Å². The maximum absolute atomic E-state index is 12.3. The fourth-order valence-corrected chi connectivity index (χ4v) is 3.30. The molecule has 1 fully saturated rings. The number of nitrogens with zero attached hydrogens (tertiary/aromatic N) is 4. The maximum atomic E-state index is 12.3. The van der Waals surface area contributed by atoms with Gasteiger partial charge in [-0.25, -0.2) is 9.97 Å². The second-order valence-corrected chi connectivity index (χ2v) is 6.83. The van der Waals surface area contributed by atoms with E-state index in [-0.39, 0.29) is 5.91 Å². The Morgan fingerprint density at radius 1 is 0.857 bits per heavy atom. The van der Waals surface area contributed by atoms with Crippen LogP contribution < -0.4 is 10.2 Å². The van der Waals surface area contributed by atoms with E-state index in [0.29, 0.717) is 5.56 Å². The predicted molar refractivity (Wildman–Crippen MR) is 110 cm³/mol. The van der Waals surface area contributed by atoms with Gasteiger partial charge in [0.1, 0.15) is 0 Å². The standard InChI is InChI=1S/C22H23N5O/c28-21(25-20-5-2-1-3-6-20)19-9-7-18(8-10-19)17-26-13-15-27(16-14-26)22-23-11-4-12-24-22/h1-12H,13-17H2,(H,25,28). The van der Waals surface area contributed by atoms with E-state index < -0.39 is 0 Å². The number of piperazine rings is 1. The summed E-state index contributed by atoms with van der Waals surface area (Å²) in [5.41, 5.74) is 2.68. The molecule has 0 atom stereocenters. The summed E-state index contributed by atoms with van der Waals surface area (Å²) in [5.74, 6) is 0.713. The molecule has 0 saturated carbocycles. The summed E-state index contributed by atoms with van der Waals surface area (Å²) in [6.07, 6.45) is 3.56. The molecule has 1 saturated heterocycles. The molecule has 1 aromatic heterocycles. The number of hydrogen-bond donors (Lipinski definition) is 1. The van der Waals surface area contributed by atoms with Crippen molar-refractivity contribution in [2.75, 3.05) is 36.4 Å². The third-order valence-electron chi connectivity index (χ3n) is 4.86. The van der Waals surface area contributed by atoms with Crippen molar-refractivity contribution in [1.29, 1.82) is 0 Å². The zero-order chi connectivity index (χ0) is 19.2. The highest BCUT2D eigenvalue weighted by Crippen LogP contribution is 2.14. The van der Waals surface area contributed by atoms with Crippen molar-refractivity contribution < 1.29 is 4.79 Å². The van der Waals surface area contributed by atoms with E-state index in [0.717, 1.165) is 44.4 Å². The average molecular weight is 373 g/mol. The Kier molecular flexibility index (Phi) is 5.58. The van der Waals surface area contributed by atoms with Crippen molar-refractivity contribution in [3.05, 3.63) is 84.2 Å². The molecule has 0 radical (unpaired) electrons. The number of hydrogen-bond acceptors (Lipinski definition) is 5. The molecule has 0 bridgehead atoms. The zero-order valence-corrected chi connectivity index (χ0v) is 15.7. The zero-order valence-electron chi connectivity index (χ0n) is 15.7. The number of anilines is 2. The van der Waals surface area contributed by atoms with Gasteiger partial charge in [0.2, 0.25) is 5.95 Å². The van der Waals surface area contributed by atoms with Gasteiger partial charge in [-0.15, -0.1) is 0 Å². The van der Waals surface area contributed by atoms with Gasteiger partial charge in [0.25, 0.3) is 5.91 Å². The SMILES string of the molecule is O=C(Nc1ccccc1)c1ccc(CN2CCN(c3ncccn3)CC2)cc1. The van der Waals surface area contributed by atoms with Crippen LogP contribution in [0.2, 0.25) is 0 Å². The summed E-state index contributed by atoms with van der Waals surface area (Å²) in [6, 6.07) is 19.2. The summed E-state index contributed by atoms with van der Waals surface area (Å²) in [5, 5.41) is 2.91. The molecule has 1 aliphatic rings. The highest BCUT2D eigenvalue weighted by Gasteiger charge is 2.18. The first kappa shape index (κ1) is 18.1. The fraction of sp³-hybridized carbons (Fsp3) is 0.227. The van der Waals surface area contributed by atoms with E-state index in [2.05, 4.69) is 25.1 Å². The van der Waals surface area contributed by atoms with Gasteiger partial charge in [0.15, 0.2) is 0 Å². The van der Waals surface area contributed by atoms with Crippen LogP contribution in [0, 0.1) is 0 Å². The summed E-state index contributed by atoms with van der Waals surface area (Å²) in [6.45, 7) is 4.65. The smallest absolute Gasteiger partial charge is 0.255 e. The van der Waals surface area contributed by atoms with Crippen molar-refractivity contribution in [3.63, 3.8) is 0 Å². The van der Waals surface area contributed by atoms with Gasteiger partial charge in [-0.1, -0.05) is 30.3 Å². The molecular formula is C22H23N5O. The van der Waals surface area contributed by atoms with Crippen molar-refractivity contribution in [2.24, 2.45) is 0 Å². The molecule has 4 rings (SSSR count). The molecule has 3 aromatic rings. The lowest BCUT2D eigenvalue weighted by atomic mass is 10.1. The van der Waals surface area contributed by atoms with Gasteiger partial charge < -0.3 is 10.2 Å². The summed E-state index contributed by atoms with van der Waals surface area (Å²) >= 11 is 0. The van der Waals surface area contributed by atoms with E-state index in [1.54, 1.807) is 12.4 Å². The molecule has 2 heterocycles. The molecule has 1 aliphatic heterocycles. The van der Waals surface area contributed by atoms with Gasteiger partial charge >= 0.3 is 0 Å². The lowest BCUT2D eigenvalue weighted by Gasteiger charge is -2.34. The van der Waals surface area contributed by atoms with Crippen LogP contribution in [0.5, 0.6) is 0 Å². The van der Waals surface area contributed by atoms with Crippen LogP contribution >= 0.6 is 0 Å². The Balaban J connectivity index is 1.30. The summed E-state index contributed by atoms with van der Waals surface area (Å²) in [7, 11) is 0. The maximum Gasteiger partial charge on any atom is 0.255 e. The first-order valence-electron chi connectivity index (χ1n) is 9.47. The minimum atomic E-state index is -0.0887. The molecule has 142 valence electrons. The van der Waals surface area contributed by atoms with Crippen LogP contribution in [0.25, 0.3) is 0 Å². The minimum Gasteiger partial charge on any atom is -0.338 e. The monoisotopic (exact) mass is 373 g/mol. The lowest BCUT2D eigenvalue weighted by Crippen LogP contribution is -2.46. The number of para-hydroxylation sites is 1. The van der Waals surface area contributed by atoms with Gasteiger partial charge in [-0.3, -0.25) is 9.69 Å². The third-order valence-corrected chi connectivity index (χ3v) is 4.86. The van der Waals surface area contributed by atoms with Crippen molar-refractivity contribution in [3.8, 4) is 0 Å². The average Bonchev–Trinajstić information content (AvgIpc) is 2.76. The fourth-order valence-electron chi connectivity index (χ4n) is 3.30. The summed E-state index contributed by atoms with van der Waals surface area (Å²) < 4.78 is 0. The molecule has 0 unspecified atom stereocenters. The molecule has 2 aromatic carbocycles. The largest absolute Gasteiger partial charge is 0.338 e. The van der Waals surface area contributed by atoms with Crippen LogP contribution in [-0.4, -0.2) is 47.0 Å². The molecular weight excluding hydrogens is 350 g/mol. The Hall–Kier alpha value is -3.25. The van der Waals surface area contributed by atoms with Gasteiger partial charge in [-0.2, -0.15) is 0 Å². The molecule has 6 nitrogen and oxygen atoms in total. The molecule has 1 amide bonds. The Morgan fingerprint density at radius 3 is 2.21 bits per heavy atom. The van der Waals surface area contributed by atoms with Crippen LogP contribution in [0.15, 0.2) is 73.1 Å². The van der Waals surface area contributed by atoms with Gasteiger partial charge in [0, 0.05) is 56.4 Å². The van der Waals surface area contributed by atoms with Crippen LogP contribution in [0.4, 0.5) is 11.6 Å². The van der Waals surface area contributed by atoms with Crippen molar-refractivity contribution in [2.45, 2.75) is 6.54 Å². The van der Waals surface area contributed by atoms with E-state index >= 15 is 0 Å². The Bertz CT molecular complexity index is 891. The number of carbonyl (C=O) groups is 1. The number of carbonyl (C=O) groups excluding carboxylic acids is 1. The number of benzene rings is 2. The summed E-state index contributed by atoms with van der Waals surface area (Å²) in [4.78, 5) is 25.6. The topological polar surface area (TPSA) is 61.4 Å². The molecule has 28 heavy (non-hydrogen) atoms. The first-order valence-corrected chi connectivity index (χ1v) is 9.47. The Labute approximate surface area is 164 Å². The molecule has 1 N–H and O–H groups in total. The lowest BCUT2D eigenvalue weighted by molar-refractivity contribution is 0.102. The van der Waals surface area contributed by atoms with Crippen LogP contribution in [0.3, 0.4) is 0 Å². The second kappa shape index (κ2) is 8.63. The van der Waals surface area contributed by atoms with E-state index in [9.17, 15) is 4.79 Å². The second-order valence-electron chi connectivity index (χ2n) is 6.83. The van der Waals surface area contributed by atoms with E-state index in [1.165, 1.54) is 5.56 Å². The molecule has 0 spiro atoms. The van der Waals surface area contributed by atoms with Crippen LogP contribution in [0.1, 0.15) is 15.9 Å².